The molecule has 1 atom stereocenters. The minimum absolute atomic E-state index is 0.200. The molecule has 0 aliphatic heterocycles. The van der Waals surface area contributed by atoms with Gasteiger partial charge in [-0.1, -0.05) is 19.1 Å². The third-order valence-electron chi connectivity index (χ3n) is 2.41. The molecule has 7 heteroatoms. The Hall–Kier alpha value is -1.02. The van der Waals surface area contributed by atoms with Crippen molar-refractivity contribution in [2.75, 3.05) is 13.1 Å². The molecule has 1 rings (SSSR count). The summed E-state index contributed by atoms with van der Waals surface area (Å²) in [6.45, 7) is 3.16. The summed E-state index contributed by atoms with van der Waals surface area (Å²) < 4.78 is 40.0. The van der Waals surface area contributed by atoms with Gasteiger partial charge in [0.05, 0.1) is 0 Å². The molecule has 18 heavy (non-hydrogen) atoms. The Labute approximate surface area is 106 Å². The van der Waals surface area contributed by atoms with E-state index in [2.05, 4.69) is 9.44 Å². The molecule has 0 aromatic heterocycles. The van der Waals surface area contributed by atoms with Gasteiger partial charge in [0.1, 0.15) is 11.4 Å². The molecule has 0 saturated heterocycles. The number of hydrogen-bond donors (Lipinski definition) is 3. The average Bonchev–Trinajstić information content (AvgIpc) is 2.27. The minimum Gasteiger partial charge on any atom is -0.384 e. The third kappa shape index (κ3) is 4.34. The maximum absolute atomic E-state index is 12.7. The van der Waals surface area contributed by atoms with Gasteiger partial charge in [-0.05, 0) is 24.6 Å². The lowest BCUT2D eigenvalue weighted by Crippen LogP contribution is -2.43. The molecule has 0 radical (unpaired) electrons. The fraction of sp³-hybridized carbons (Fsp3) is 0.455. The molecule has 0 fully saturated rings. The van der Waals surface area contributed by atoms with Gasteiger partial charge in [0, 0.05) is 13.1 Å². The first-order chi connectivity index (χ1) is 8.27. The second-order valence-corrected chi connectivity index (χ2v) is 5.69. The molecule has 5 nitrogen and oxygen atoms in total. The normalized spacial score (nSPS) is 15.3. The largest absolute Gasteiger partial charge is 0.384 e. The van der Waals surface area contributed by atoms with Gasteiger partial charge in [-0.25, -0.2) is 9.11 Å². The van der Waals surface area contributed by atoms with E-state index in [-0.39, 0.29) is 13.1 Å². The van der Waals surface area contributed by atoms with E-state index in [1.807, 2.05) is 0 Å². The maximum atomic E-state index is 12.7. The summed E-state index contributed by atoms with van der Waals surface area (Å²) in [6.07, 6.45) is 0. The van der Waals surface area contributed by atoms with Crippen molar-refractivity contribution in [3.05, 3.63) is 35.6 Å². The molecule has 1 aromatic rings. The first-order valence-electron chi connectivity index (χ1n) is 5.49. The van der Waals surface area contributed by atoms with E-state index in [0.717, 1.165) is 0 Å². The third-order valence-corrected chi connectivity index (χ3v) is 3.60. The van der Waals surface area contributed by atoms with Crippen LogP contribution in [0.25, 0.3) is 0 Å². The highest BCUT2D eigenvalue weighted by Crippen LogP contribution is 2.19. The molecule has 0 aliphatic rings. The zero-order valence-corrected chi connectivity index (χ0v) is 11.1. The number of rotatable bonds is 6. The summed E-state index contributed by atoms with van der Waals surface area (Å²) in [5.74, 6) is -0.414. The van der Waals surface area contributed by atoms with Crippen molar-refractivity contribution >= 4 is 10.2 Å². The minimum atomic E-state index is -3.62. The van der Waals surface area contributed by atoms with Crippen LogP contribution in [0.1, 0.15) is 19.4 Å². The molecule has 0 saturated carbocycles. The Morgan fingerprint density at radius 1 is 1.28 bits per heavy atom. The van der Waals surface area contributed by atoms with E-state index in [1.54, 1.807) is 6.92 Å². The molecule has 0 spiro atoms. The average molecular weight is 276 g/mol. The van der Waals surface area contributed by atoms with Crippen LogP contribution in [-0.4, -0.2) is 26.6 Å². The first-order valence-corrected chi connectivity index (χ1v) is 6.98. The topological polar surface area (TPSA) is 78.4 Å². The predicted octanol–water partition coefficient (Wildman–Crippen LogP) is 0.477. The summed E-state index contributed by atoms with van der Waals surface area (Å²) >= 11 is 0. The fourth-order valence-electron chi connectivity index (χ4n) is 1.39. The van der Waals surface area contributed by atoms with Crippen LogP contribution in [-0.2, 0) is 15.8 Å². The number of halogens is 1. The van der Waals surface area contributed by atoms with Crippen LogP contribution < -0.4 is 9.44 Å². The SMILES string of the molecule is CCNS(=O)(=O)NCC(C)(O)c1ccc(F)cc1. The lowest BCUT2D eigenvalue weighted by atomic mass is 9.96. The Balaban J connectivity index is 2.73. The Morgan fingerprint density at radius 3 is 2.33 bits per heavy atom. The van der Waals surface area contributed by atoms with Gasteiger partial charge in [0.25, 0.3) is 10.2 Å². The molecule has 1 aromatic carbocycles. The summed E-state index contributed by atoms with van der Waals surface area (Å²) in [4.78, 5) is 0. The van der Waals surface area contributed by atoms with Crippen LogP contribution in [0.3, 0.4) is 0 Å². The summed E-state index contributed by atoms with van der Waals surface area (Å²) in [5, 5.41) is 10.1. The summed E-state index contributed by atoms with van der Waals surface area (Å²) in [5.41, 5.74) is -0.973. The van der Waals surface area contributed by atoms with Gasteiger partial charge < -0.3 is 5.11 Å². The van der Waals surface area contributed by atoms with E-state index in [0.29, 0.717) is 5.56 Å². The standard InChI is InChI=1S/C11H17FN2O3S/c1-3-13-18(16,17)14-8-11(2,15)9-4-6-10(12)7-5-9/h4-7,13-15H,3,8H2,1-2H3. The van der Waals surface area contributed by atoms with Crippen molar-refractivity contribution in [2.45, 2.75) is 19.4 Å². The molecule has 0 heterocycles. The second kappa shape index (κ2) is 5.75. The smallest absolute Gasteiger partial charge is 0.277 e. The highest BCUT2D eigenvalue weighted by molar-refractivity contribution is 7.87. The maximum Gasteiger partial charge on any atom is 0.277 e. The van der Waals surface area contributed by atoms with Crippen molar-refractivity contribution < 1.29 is 17.9 Å². The van der Waals surface area contributed by atoms with Crippen LogP contribution in [0.4, 0.5) is 4.39 Å². The second-order valence-electron chi connectivity index (χ2n) is 4.10. The van der Waals surface area contributed by atoms with Crippen LogP contribution >= 0.6 is 0 Å². The van der Waals surface area contributed by atoms with Gasteiger partial charge in [0.15, 0.2) is 0 Å². The lowest BCUT2D eigenvalue weighted by Gasteiger charge is -2.24. The Kier molecular flexibility index (Phi) is 4.80. The van der Waals surface area contributed by atoms with Crippen LogP contribution in [0.2, 0.25) is 0 Å². The molecule has 0 amide bonds. The lowest BCUT2D eigenvalue weighted by molar-refractivity contribution is 0.0626. The van der Waals surface area contributed by atoms with Crippen molar-refractivity contribution in [3.63, 3.8) is 0 Å². The van der Waals surface area contributed by atoms with Gasteiger partial charge in [-0.2, -0.15) is 13.1 Å². The van der Waals surface area contributed by atoms with Gasteiger partial charge in [-0.15, -0.1) is 0 Å². The van der Waals surface area contributed by atoms with Crippen molar-refractivity contribution in [2.24, 2.45) is 0 Å². The number of nitrogens with one attached hydrogen (secondary N) is 2. The van der Waals surface area contributed by atoms with Gasteiger partial charge in [-0.3, -0.25) is 0 Å². The quantitative estimate of drug-likeness (QED) is 0.707. The van der Waals surface area contributed by atoms with Crippen molar-refractivity contribution in [1.82, 2.24) is 9.44 Å². The first kappa shape index (κ1) is 15.0. The van der Waals surface area contributed by atoms with Crippen molar-refractivity contribution in [1.29, 1.82) is 0 Å². The molecule has 3 N–H and O–H groups in total. The van der Waals surface area contributed by atoms with Gasteiger partial charge in [0.2, 0.25) is 0 Å². The van der Waals surface area contributed by atoms with E-state index < -0.39 is 21.6 Å². The Bertz CT molecular complexity index is 486. The molecule has 102 valence electrons. The highest BCUT2D eigenvalue weighted by Gasteiger charge is 2.25. The highest BCUT2D eigenvalue weighted by atomic mass is 32.2. The fourth-order valence-corrected chi connectivity index (χ4v) is 2.34. The molecular weight excluding hydrogens is 259 g/mol. The van der Waals surface area contributed by atoms with E-state index in [9.17, 15) is 17.9 Å². The summed E-state index contributed by atoms with van der Waals surface area (Å²) in [7, 11) is -3.62. The zero-order valence-electron chi connectivity index (χ0n) is 10.3. The van der Waals surface area contributed by atoms with E-state index in [4.69, 9.17) is 0 Å². The van der Waals surface area contributed by atoms with Crippen LogP contribution in [0.5, 0.6) is 0 Å². The molecule has 0 bridgehead atoms. The van der Waals surface area contributed by atoms with Gasteiger partial charge >= 0.3 is 0 Å². The van der Waals surface area contributed by atoms with Crippen LogP contribution in [0, 0.1) is 5.82 Å². The summed E-state index contributed by atoms with van der Waals surface area (Å²) in [6, 6.07) is 5.25. The monoisotopic (exact) mass is 276 g/mol. The van der Waals surface area contributed by atoms with Crippen molar-refractivity contribution in [3.8, 4) is 0 Å². The molecular formula is C11H17FN2O3S. The number of aliphatic hydroxyl groups is 1. The predicted molar refractivity (Wildman–Crippen MR) is 66.6 cm³/mol. The van der Waals surface area contributed by atoms with E-state index >= 15 is 0 Å². The number of benzene rings is 1. The molecule has 0 aliphatic carbocycles. The Morgan fingerprint density at radius 2 is 1.83 bits per heavy atom. The number of hydrogen-bond acceptors (Lipinski definition) is 3. The molecule has 1 unspecified atom stereocenters. The van der Waals surface area contributed by atoms with E-state index in [1.165, 1.54) is 31.2 Å². The zero-order chi connectivity index (χ0) is 13.8. The van der Waals surface area contributed by atoms with Crippen LogP contribution in [0.15, 0.2) is 24.3 Å².